The van der Waals surface area contributed by atoms with Crippen LogP contribution in [0.5, 0.6) is 11.5 Å². The topological polar surface area (TPSA) is 64.4 Å². The van der Waals surface area contributed by atoms with Crippen molar-refractivity contribution in [3.63, 3.8) is 0 Å². The molecule has 1 N–H and O–H groups in total. The highest BCUT2D eigenvalue weighted by Crippen LogP contribution is 2.29. The number of ether oxygens (including phenoxy) is 2. The maximum absolute atomic E-state index is 5.99. The summed E-state index contributed by atoms with van der Waals surface area (Å²) in [6.07, 6.45) is 2.46. The lowest BCUT2D eigenvalue weighted by atomic mass is 9.87. The molecule has 0 spiro atoms. The van der Waals surface area contributed by atoms with E-state index in [2.05, 4.69) is 60.3 Å². The van der Waals surface area contributed by atoms with Gasteiger partial charge in [0.1, 0.15) is 6.61 Å². The fraction of sp³-hybridized carbons (Fsp3) is 0.348. The summed E-state index contributed by atoms with van der Waals surface area (Å²) in [7, 11) is 1.63. The van der Waals surface area contributed by atoms with Crippen molar-refractivity contribution in [2.75, 3.05) is 7.11 Å². The second kappa shape index (κ2) is 9.26. The van der Waals surface area contributed by atoms with E-state index in [0.29, 0.717) is 22.9 Å². The lowest BCUT2D eigenvalue weighted by molar-refractivity contribution is 0.284. The molecule has 0 saturated carbocycles. The third-order valence-corrected chi connectivity index (χ3v) is 5.02. The van der Waals surface area contributed by atoms with Gasteiger partial charge in [-0.15, -0.1) is 0 Å². The predicted octanol–water partition coefficient (Wildman–Crippen LogP) is 5.27. The van der Waals surface area contributed by atoms with Gasteiger partial charge in [-0.3, -0.25) is 5.10 Å². The number of nitrogens with zero attached hydrogens (tertiary/aromatic N) is 3. The standard InChI is InChI=1S/C23H28N4O2S/c1-6-21-25-26-22(30)27(21)24-14-17-9-12-19(20(13-17)28-5)29-15-16-7-10-18(11-8-16)23(2,3)4/h7-14H,6,15H2,1-5H3,(H,26,30)/b24-14+. The average Bonchev–Trinajstić information content (AvgIpc) is 3.10. The number of hydrogen-bond acceptors (Lipinski definition) is 5. The highest BCUT2D eigenvalue weighted by molar-refractivity contribution is 7.71. The summed E-state index contributed by atoms with van der Waals surface area (Å²) in [6.45, 7) is 9.09. The summed E-state index contributed by atoms with van der Waals surface area (Å²) in [5, 5.41) is 11.3. The molecule has 0 bridgehead atoms. The van der Waals surface area contributed by atoms with Gasteiger partial charge < -0.3 is 9.47 Å². The van der Waals surface area contributed by atoms with Gasteiger partial charge >= 0.3 is 0 Å². The van der Waals surface area contributed by atoms with Crippen LogP contribution in [0.15, 0.2) is 47.6 Å². The smallest absolute Gasteiger partial charge is 0.216 e. The fourth-order valence-corrected chi connectivity index (χ4v) is 3.14. The van der Waals surface area contributed by atoms with Crippen LogP contribution >= 0.6 is 12.2 Å². The van der Waals surface area contributed by atoms with Gasteiger partial charge in [0.2, 0.25) is 4.77 Å². The van der Waals surface area contributed by atoms with Crippen LogP contribution in [0, 0.1) is 4.77 Å². The molecule has 0 aliphatic heterocycles. The van der Waals surface area contributed by atoms with Crippen LogP contribution < -0.4 is 9.47 Å². The van der Waals surface area contributed by atoms with Crippen molar-refractivity contribution in [2.45, 2.75) is 46.1 Å². The molecule has 1 heterocycles. The Bertz CT molecular complexity index is 1080. The van der Waals surface area contributed by atoms with Crippen LogP contribution in [0.25, 0.3) is 0 Å². The molecule has 0 aliphatic rings. The minimum atomic E-state index is 0.138. The summed E-state index contributed by atoms with van der Waals surface area (Å²) in [5.74, 6) is 2.11. The number of methoxy groups -OCH3 is 1. The van der Waals surface area contributed by atoms with Gasteiger partial charge in [-0.25, -0.2) is 0 Å². The van der Waals surface area contributed by atoms with Gasteiger partial charge in [-0.1, -0.05) is 52.0 Å². The summed E-state index contributed by atoms with van der Waals surface area (Å²) in [4.78, 5) is 0. The summed E-state index contributed by atoms with van der Waals surface area (Å²) < 4.78 is 13.6. The zero-order valence-corrected chi connectivity index (χ0v) is 18.9. The van der Waals surface area contributed by atoms with Gasteiger partial charge in [0.15, 0.2) is 17.3 Å². The molecule has 0 fully saturated rings. The molecule has 0 aliphatic carbocycles. The van der Waals surface area contributed by atoms with E-state index in [4.69, 9.17) is 21.7 Å². The Morgan fingerprint density at radius 2 is 1.87 bits per heavy atom. The molecule has 0 unspecified atom stereocenters. The highest BCUT2D eigenvalue weighted by atomic mass is 32.1. The minimum Gasteiger partial charge on any atom is -0.493 e. The first-order chi connectivity index (χ1) is 14.3. The third-order valence-electron chi connectivity index (χ3n) is 4.76. The second-order valence-corrected chi connectivity index (χ2v) is 8.39. The van der Waals surface area contributed by atoms with Gasteiger partial charge in [0.05, 0.1) is 13.3 Å². The average molecular weight is 425 g/mol. The zero-order valence-electron chi connectivity index (χ0n) is 18.1. The van der Waals surface area contributed by atoms with E-state index in [1.54, 1.807) is 18.0 Å². The molecule has 6 nitrogen and oxygen atoms in total. The number of H-pyrrole nitrogens is 1. The van der Waals surface area contributed by atoms with Crippen LogP contribution in [0.4, 0.5) is 0 Å². The van der Waals surface area contributed by atoms with E-state index in [9.17, 15) is 0 Å². The van der Waals surface area contributed by atoms with E-state index in [1.165, 1.54) is 5.56 Å². The monoisotopic (exact) mass is 424 g/mol. The number of hydrogen-bond donors (Lipinski definition) is 1. The molecule has 0 radical (unpaired) electrons. The minimum absolute atomic E-state index is 0.138. The fourth-order valence-electron chi connectivity index (χ4n) is 2.94. The van der Waals surface area contributed by atoms with E-state index < -0.39 is 0 Å². The van der Waals surface area contributed by atoms with Crippen molar-refractivity contribution >= 4 is 18.4 Å². The quantitative estimate of drug-likeness (QED) is 0.414. The molecule has 0 saturated heterocycles. The number of aromatic nitrogens is 3. The highest BCUT2D eigenvalue weighted by Gasteiger charge is 2.13. The molecular weight excluding hydrogens is 396 g/mol. The first kappa shape index (κ1) is 21.8. The zero-order chi connectivity index (χ0) is 21.7. The van der Waals surface area contributed by atoms with Gasteiger partial charge in [0.25, 0.3) is 0 Å². The number of aromatic amines is 1. The number of nitrogens with one attached hydrogen (secondary N) is 1. The molecule has 3 rings (SSSR count). The van der Waals surface area contributed by atoms with Crippen LogP contribution in [0.2, 0.25) is 0 Å². The van der Waals surface area contributed by atoms with Crippen molar-refractivity contribution in [1.82, 2.24) is 14.9 Å². The Balaban J connectivity index is 1.72. The Morgan fingerprint density at radius 1 is 1.13 bits per heavy atom. The molecule has 2 aromatic carbocycles. The first-order valence-corrected chi connectivity index (χ1v) is 10.3. The van der Waals surface area contributed by atoms with Gasteiger partial charge in [-0.05, 0) is 52.5 Å². The van der Waals surface area contributed by atoms with Crippen molar-refractivity contribution in [1.29, 1.82) is 0 Å². The molecular formula is C23H28N4O2S. The Kier molecular flexibility index (Phi) is 6.72. The SMILES string of the molecule is CCc1n[nH]c(=S)n1/N=C/c1ccc(OCc2ccc(C(C)(C)C)cc2)c(OC)c1. The van der Waals surface area contributed by atoms with E-state index >= 15 is 0 Å². The summed E-state index contributed by atoms with van der Waals surface area (Å²) >= 11 is 5.22. The molecule has 158 valence electrons. The van der Waals surface area contributed by atoms with Crippen molar-refractivity contribution < 1.29 is 9.47 Å². The van der Waals surface area contributed by atoms with Crippen LogP contribution in [0.1, 0.15) is 50.2 Å². The van der Waals surface area contributed by atoms with E-state index in [0.717, 1.165) is 23.4 Å². The first-order valence-electron chi connectivity index (χ1n) is 9.92. The Morgan fingerprint density at radius 3 is 2.50 bits per heavy atom. The summed E-state index contributed by atoms with van der Waals surface area (Å²) in [5.41, 5.74) is 3.42. The van der Waals surface area contributed by atoms with Crippen molar-refractivity contribution in [2.24, 2.45) is 5.10 Å². The van der Waals surface area contributed by atoms with Gasteiger partial charge in [-0.2, -0.15) is 14.9 Å². The second-order valence-electron chi connectivity index (χ2n) is 8.00. The molecule has 1 aromatic heterocycles. The molecule has 0 amide bonds. The van der Waals surface area contributed by atoms with Gasteiger partial charge in [0, 0.05) is 6.42 Å². The Labute approximate surface area is 182 Å². The normalized spacial score (nSPS) is 11.8. The predicted molar refractivity (Wildman–Crippen MR) is 122 cm³/mol. The van der Waals surface area contributed by atoms with E-state index in [1.807, 2.05) is 25.1 Å². The molecule has 0 atom stereocenters. The largest absolute Gasteiger partial charge is 0.493 e. The van der Waals surface area contributed by atoms with Crippen molar-refractivity contribution in [3.05, 3.63) is 69.8 Å². The molecule has 3 aromatic rings. The maximum Gasteiger partial charge on any atom is 0.216 e. The molecule has 7 heteroatoms. The van der Waals surface area contributed by atoms with Crippen molar-refractivity contribution in [3.8, 4) is 11.5 Å². The lowest BCUT2D eigenvalue weighted by Crippen LogP contribution is -2.10. The summed E-state index contributed by atoms with van der Waals surface area (Å²) in [6, 6.07) is 14.2. The van der Waals surface area contributed by atoms with Crippen LogP contribution in [-0.4, -0.2) is 28.2 Å². The lowest BCUT2D eigenvalue weighted by Gasteiger charge is -2.19. The third kappa shape index (κ3) is 5.16. The maximum atomic E-state index is 5.99. The number of aryl methyl sites for hydroxylation is 1. The van der Waals surface area contributed by atoms with Crippen LogP contribution in [0.3, 0.4) is 0 Å². The number of rotatable bonds is 7. The number of benzene rings is 2. The van der Waals surface area contributed by atoms with Crippen LogP contribution in [-0.2, 0) is 18.4 Å². The molecule has 30 heavy (non-hydrogen) atoms. The Hall–Kier alpha value is -2.93. The van der Waals surface area contributed by atoms with E-state index in [-0.39, 0.29) is 5.41 Å².